The molecule has 1 aliphatic heterocycles. The van der Waals surface area contributed by atoms with E-state index in [9.17, 15) is 4.79 Å². The Kier molecular flexibility index (Phi) is 6.58. The van der Waals surface area contributed by atoms with Gasteiger partial charge in [0.15, 0.2) is 14.1 Å². The Balaban J connectivity index is 1.47. The first-order valence-electron chi connectivity index (χ1n) is 13.3. The maximum atomic E-state index is 11.7. The molecule has 0 bridgehead atoms. The maximum Gasteiger partial charge on any atom is 0.192 e. The van der Waals surface area contributed by atoms with Crippen LogP contribution in [0.2, 0.25) is 18.1 Å². The second-order valence-corrected chi connectivity index (χ2v) is 18.2. The third-order valence-corrected chi connectivity index (χ3v) is 15.5. The van der Waals surface area contributed by atoms with Crippen molar-refractivity contribution >= 4 is 14.6 Å². The van der Waals surface area contributed by atoms with Crippen molar-refractivity contribution in [3.63, 3.8) is 0 Å². The number of aldehydes is 1. The van der Waals surface area contributed by atoms with Gasteiger partial charge in [0.05, 0.1) is 13.2 Å². The number of carbonyl (C=O) groups excluding carboxylic acids is 1. The van der Waals surface area contributed by atoms with Gasteiger partial charge in [0.25, 0.3) is 0 Å². The number of carbonyl (C=O) groups is 1. The summed E-state index contributed by atoms with van der Waals surface area (Å²) in [4.78, 5) is 11.7. The Labute approximate surface area is 197 Å². The van der Waals surface area contributed by atoms with Crippen molar-refractivity contribution in [1.82, 2.24) is 0 Å². The third-order valence-electron chi connectivity index (χ3n) is 11.0. The first kappa shape index (κ1) is 24.9. The smallest absolute Gasteiger partial charge is 0.192 e. The molecule has 4 fully saturated rings. The molecule has 1 saturated heterocycles. The van der Waals surface area contributed by atoms with E-state index in [1.54, 1.807) is 0 Å². The molecule has 0 aromatic rings. The van der Waals surface area contributed by atoms with Crippen molar-refractivity contribution in [1.29, 1.82) is 0 Å². The second kappa shape index (κ2) is 8.46. The number of ether oxygens (including phenoxy) is 2. The minimum absolute atomic E-state index is 0.152. The van der Waals surface area contributed by atoms with Crippen molar-refractivity contribution in [3.8, 4) is 0 Å². The first-order valence-corrected chi connectivity index (χ1v) is 16.2. The summed E-state index contributed by atoms with van der Waals surface area (Å²) in [5.74, 6) is 1.48. The molecular weight excluding hydrogens is 416 g/mol. The largest absolute Gasteiger partial charge is 0.414 e. The molecule has 0 amide bonds. The number of fused-ring (bicyclic) bond motifs is 2. The van der Waals surface area contributed by atoms with Crippen LogP contribution in [0.4, 0.5) is 0 Å². The van der Waals surface area contributed by atoms with Crippen molar-refractivity contribution in [3.05, 3.63) is 0 Å². The molecule has 4 rings (SSSR count). The van der Waals surface area contributed by atoms with Gasteiger partial charge in [0.1, 0.15) is 6.29 Å². The lowest BCUT2D eigenvalue weighted by Crippen LogP contribution is -2.52. The second-order valence-electron chi connectivity index (χ2n) is 13.5. The highest BCUT2D eigenvalue weighted by Gasteiger charge is 2.63. The molecule has 32 heavy (non-hydrogen) atoms. The van der Waals surface area contributed by atoms with Crippen LogP contribution in [-0.4, -0.2) is 39.7 Å². The van der Waals surface area contributed by atoms with E-state index in [2.05, 4.69) is 47.7 Å². The molecular formula is C27H48O4Si. The van der Waals surface area contributed by atoms with Crippen molar-refractivity contribution in [2.45, 2.75) is 122 Å². The Morgan fingerprint density at radius 3 is 2.25 bits per heavy atom. The minimum atomic E-state index is -1.79. The number of hydrogen-bond donors (Lipinski definition) is 0. The van der Waals surface area contributed by atoms with Crippen LogP contribution in [0.1, 0.15) is 92.4 Å². The fraction of sp³-hybridized carbons (Fsp3) is 0.963. The van der Waals surface area contributed by atoms with Gasteiger partial charge in [-0.3, -0.25) is 0 Å². The normalized spacial score (nSPS) is 42.2. The molecule has 0 aromatic heterocycles. The molecule has 3 saturated carbocycles. The van der Waals surface area contributed by atoms with Crippen LogP contribution in [-0.2, 0) is 18.7 Å². The highest BCUT2D eigenvalue weighted by Crippen LogP contribution is 2.65. The molecule has 0 unspecified atom stereocenters. The van der Waals surface area contributed by atoms with Crippen LogP contribution in [0.5, 0.6) is 0 Å². The minimum Gasteiger partial charge on any atom is -0.414 e. The van der Waals surface area contributed by atoms with Crippen molar-refractivity contribution in [2.75, 3.05) is 13.2 Å². The molecule has 4 aliphatic rings. The molecule has 4 nitrogen and oxygen atoms in total. The van der Waals surface area contributed by atoms with E-state index in [0.717, 1.165) is 32.5 Å². The van der Waals surface area contributed by atoms with Crippen LogP contribution in [0.25, 0.3) is 0 Å². The molecule has 6 atom stereocenters. The molecule has 5 heteroatoms. The number of rotatable bonds is 5. The lowest BCUT2D eigenvalue weighted by Gasteiger charge is -2.55. The van der Waals surface area contributed by atoms with Crippen LogP contribution in [0, 0.1) is 28.6 Å². The predicted molar refractivity (Wildman–Crippen MR) is 131 cm³/mol. The van der Waals surface area contributed by atoms with Gasteiger partial charge in [-0.15, -0.1) is 0 Å². The Morgan fingerprint density at radius 1 is 0.969 bits per heavy atom. The fourth-order valence-electron chi connectivity index (χ4n) is 7.62. The summed E-state index contributed by atoms with van der Waals surface area (Å²) >= 11 is 0. The SMILES string of the molecule is CC(C)(C)[Si](C)(C)O[C@H]1CC[C@@](C)([C@H]2CC[C@@]3(C)[C@@H](CCC34OCCO4)C2)[C@@H](CC=O)C1. The summed E-state index contributed by atoms with van der Waals surface area (Å²) in [6.07, 6.45) is 11.5. The van der Waals surface area contributed by atoms with E-state index in [0.29, 0.717) is 30.3 Å². The average molecular weight is 465 g/mol. The van der Waals surface area contributed by atoms with E-state index < -0.39 is 8.32 Å². The highest BCUT2D eigenvalue weighted by atomic mass is 28.4. The van der Waals surface area contributed by atoms with Gasteiger partial charge in [-0.2, -0.15) is 0 Å². The molecule has 0 radical (unpaired) electrons. The van der Waals surface area contributed by atoms with Crippen LogP contribution >= 0.6 is 0 Å². The summed E-state index contributed by atoms with van der Waals surface area (Å²) in [5.41, 5.74) is 0.391. The first-order chi connectivity index (χ1) is 14.9. The quantitative estimate of drug-likeness (QED) is 0.334. The van der Waals surface area contributed by atoms with Crippen LogP contribution in [0.15, 0.2) is 0 Å². The average Bonchev–Trinajstić information content (AvgIpc) is 3.30. The van der Waals surface area contributed by atoms with Gasteiger partial charge < -0.3 is 18.7 Å². The van der Waals surface area contributed by atoms with Gasteiger partial charge in [0, 0.05) is 24.4 Å². The third kappa shape index (κ3) is 3.97. The predicted octanol–water partition coefficient (Wildman–Crippen LogP) is 6.73. The lowest BCUT2D eigenvalue weighted by molar-refractivity contribution is -0.236. The topological polar surface area (TPSA) is 44.8 Å². The molecule has 0 N–H and O–H groups in total. The van der Waals surface area contributed by atoms with E-state index in [4.69, 9.17) is 13.9 Å². The van der Waals surface area contributed by atoms with E-state index in [-0.39, 0.29) is 21.7 Å². The highest BCUT2D eigenvalue weighted by molar-refractivity contribution is 6.74. The summed E-state index contributed by atoms with van der Waals surface area (Å²) < 4.78 is 19.3. The summed E-state index contributed by atoms with van der Waals surface area (Å²) in [5, 5.41) is 0.227. The molecule has 1 spiro atoms. The fourth-order valence-corrected chi connectivity index (χ4v) is 9.02. The molecule has 0 aromatic carbocycles. The zero-order valence-corrected chi connectivity index (χ0v) is 22.8. The maximum absolute atomic E-state index is 11.7. The van der Waals surface area contributed by atoms with E-state index in [1.165, 1.54) is 38.4 Å². The Hall–Kier alpha value is -0.233. The van der Waals surface area contributed by atoms with Crippen molar-refractivity contribution in [2.24, 2.45) is 28.6 Å². The van der Waals surface area contributed by atoms with Gasteiger partial charge in [-0.05, 0) is 86.2 Å². The summed E-state index contributed by atoms with van der Waals surface area (Å²) in [6.45, 7) is 18.1. The monoisotopic (exact) mass is 464 g/mol. The van der Waals surface area contributed by atoms with Gasteiger partial charge in [-0.25, -0.2) is 0 Å². The van der Waals surface area contributed by atoms with E-state index in [1.807, 2.05) is 0 Å². The zero-order valence-electron chi connectivity index (χ0n) is 21.8. The Morgan fingerprint density at radius 2 is 1.62 bits per heavy atom. The van der Waals surface area contributed by atoms with Crippen LogP contribution in [0.3, 0.4) is 0 Å². The Bertz CT molecular complexity index is 694. The lowest BCUT2D eigenvalue weighted by atomic mass is 9.52. The van der Waals surface area contributed by atoms with Crippen molar-refractivity contribution < 1.29 is 18.7 Å². The van der Waals surface area contributed by atoms with Gasteiger partial charge in [0.2, 0.25) is 0 Å². The summed E-state index contributed by atoms with van der Waals surface area (Å²) in [6, 6.07) is 0. The summed E-state index contributed by atoms with van der Waals surface area (Å²) in [7, 11) is -1.79. The van der Waals surface area contributed by atoms with Gasteiger partial charge in [-0.1, -0.05) is 34.6 Å². The van der Waals surface area contributed by atoms with E-state index >= 15 is 0 Å². The molecule has 1 heterocycles. The number of hydrogen-bond acceptors (Lipinski definition) is 4. The standard InChI is InChI=1S/C27H48O4Si/c1-24(2,3)32(6,7)31-23-10-12-25(4,21(19-23)11-15-28)20-8-13-26(5)22(18-20)9-14-27(26)29-16-17-30-27/h15,20-23H,8-14,16-19H2,1-7H3/t20-,21-,22-,23-,25-,26-/m0/s1. The molecule has 3 aliphatic carbocycles. The van der Waals surface area contributed by atoms with Crippen LogP contribution < -0.4 is 0 Å². The molecule has 184 valence electrons. The van der Waals surface area contributed by atoms with Gasteiger partial charge >= 0.3 is 0 Å². The zero-order chi connectivity index (χ0) is 23.4.